The van der Waals surface area contributed by atoms with E-state index in [0.717, 1.165) is 70.7 Å². The van der Waals surface area contributed by atoms with Crippen LogP contribution in [0.15, 0.2) is 59.9 Å². The van der Waals surface area contributed by atoms with Crippen LogP contribution in [0.5, 0.6) is 0 Å². The topological polar surface area (TPSA) is 197 Å². The predicted molar refractivity (Wildman–Crippen MR) is 211 cm³/mol. The van der Waals surface area contributed by atoms with Crippen LogP contribution in [0.2, 0.25) is 0 Å². The van der Waals surface area contributed by atoms with Gasteiger partial charge < -0.3 is 30.8 Å². The van der Waals surface area contributed by atoms with Gasteiger partial charge in [0.05, 0.1) is 23.5 Å². The van der Waals surface area contributed by atoms with Crippen molar-refractivity contribution in [3.8, 4) is 11.1 Å². The van der Waals surface area contributed by atoms with Gasteiger partial charge in [0.25, 0.3) is 0 Å². The smallest absolute Gasteiger partial charge is 0.406 e. The second-order valence-corrected chi connectivity index (χ2v) is 17.0. The average molecular weight is 783 g/mol. The summed E-state index contributed by atoms with van der Waals surface area (Å²) in [6, 6.07) is 11.8. The van der Waals surface area contributed by atoms with Crippen molar-refractivity contribution in [3.05, 3.63) is 105 Å². The number of amides is 2. The van der Waals surface area contributed by atoms with Crippen molar-refractivity contribution in [3.63, 3.8) is 0 Å². The van der Waals surface area contributed by atoms with Gasteiger partial charge >= 0.3 is 12.2 Å². The Labute approximate surface area is 334 Å². The summed E-state index contributed by atoms with van der Waals surface area (Å²) >= 11 is 0. The lowest BCUT2D eigenvalue weighted by atomic mass is 9.56. The molecule has 6 aliphatic rings. The molecule has 2 aromatic heterocycles. The number of carbonyl (C=O) groups is 2. The summed E-state index contributed by atoms with van der Waals surface area (Å²) in [5.74, 6) is 6.16. The first-order valence-corrected chi connectivity index (χ1v) is 20.4. The third-order valence-electron chi connectivity index (χ3n) is 14.9. The largest absolute Gasteiger partial charge is 0.465 e. The maximum atomic E-state index is 13.2. The SMILES string of the molecule is Cc1c(-c2ccc([C@@]34C(=C=O)CCC[C@@]3(NC(=O)O)N3CCCC3c3ncc4[nH]3)cc2)ccc([C@@]23C(=C=O)CCC[C@@]2(NC(=O)O)N2CCCC2c2ncc3[nH]2)c1C. The highest BCUT2D eigenvalue weighted by atomic mass is 16.4. The number of aromatic nitrogens is 4. The number of imidazole rings is 2. The molecule has 2 aromatic carbocycles. The molecule has 6 N–H and O–H groups in total. The van der Waals surface area contributed by atoms with Crippen LogP contribution in [0.1, 0.15) is 122 Å². The first-order chi connectivity index (χ1) is 28.1. The fourth-order valence-electron chi connectivity index (χ4n) is 12.8. The quantitative estimate of drug-likeness (QED) is 0.129. The fraction of sp³-hybridized carbons (Fsp3) is 0.455. The molecule has 2 amide bonds. The van der Waals surface area contributed by atoms with Crippen molar-refractivity contribution in [1.82, 2.24) is 40.4 Å². The van der Waals surface area contributed by atoms with E-state index in [9.17, 15) is 29.4 Å². The molecule has 4 aliphatic heterocycles. The molecule has 2 aliphatic carbocycles. The molecule has 0 spiro atoms. The van der Waals surface area contributed by atoms with Gasteiger partial charge in [-0.05, 0) is 111 Å². The molecule has 2 unspecified atom stereocenters. The van der Waals surface area contributed by atoms with Crippen LogP contribution in [-0.4, -0.2) is 88.4 Å². The molecule has 2 saturated heterocycles. The van der Waals surface area contributed by atoms with E-state index in [1.807, 2.05) is 50.2 Å². The minimum atomic E-state index is -1.22. The minimum Gasteiger partial charge on any atom is -0.465 e. The van der Waals surface area contributed by atoms with Gasteiger partial charge in [0.2, 0.25) is 0 Å². The van der Waals surface area contributed by atoms with Gasteiger partial charge in [-0.15, -0.1) is 0 Å². The second kappa shape index (κ2) is 12.9. The van der Waals surface area contributed by atoms with Crippen molar-refractivity contribution >= 4 is 24.1 Å². The number of aromatic amines is 2. The molecule has 4 aromatic rings. The Morgan fingerprint density at radius 1 is 0.724 bits per heavy atom. The van der Waals surface area contributed by atoms with E-state index in [0.29, 0.717) is 74.1 Å². The van der Waals surface area contributed by atoms with E-state index in [4.69, 9.17) is 9.97 Å². The lowest BCUT2D eigenvalue weighted by Gasteiger charge is -2.58. The van der Waals surface area contributed by atoms with E-state index in [-0.39, 0.29) is 12.1 Å². The van der Waals surface area contributed by atoms with Crippen LogP contribution in [0.25, 0.3) is 11.1 Å². The molecular weight excluding hydrogens is 737 g/mol. The van der Waals surface area contributed by atoms with Gasteiger partial charge in [0, 0.05) is 36.6 Å². The van der Waals surface area contributed by atoms with Crippen molar-refractivity contribution < 1.29 is 29.4 Å². The van der Waals surface area contributed by atoms with Gasteiger partial charge in [-0.1, -0.05) is 36.4 Å². The molecular formula is C44H46N8O6. The number of rotatable bonds is 5. The zero-order valence-electron chi connectivity index (χ0n) is 32.6. The molecule has 58 heavy (non-hydrogen) atoms. The molecule has 10 rings (SSSR count). The highest BCUT2D eigenvalue weighted by Gasteiger charge is 2.68. The molecule has 6 atom stereocenters. The number of hydrogen-bond donors (Lipinski definition) is 6. The van der Waals surface area contributed by atoms with Gasteiger partial charge in [0.1, 0.15) is 45.7 Å². The summed E-state index contributed by atoms with van der Waals surface area (Å²) in [6.45, 7) is 5.39. The first kappa shape index (κ1) is 36.6. The highest BCUT2D eigenvalue weighted by Crippen LogP contribution is 2.61. The Bertz CT molecular complexity index is 2500. The van der Waals surface area contributed by atoms with Crippen molar-refractivity contribution in [2.45, 2.75) is 112 Å². The Hall–Kier alpha value is -5.78. The molecule has 2 saturated carbocycles. The maximum absolute atomic E-state index is 13.2. The normalized spacial score (nSPS) is 31.1. The second-order valence-electron chi connectivity index (χ2n) is 17.0. The Morgan fingerprint density at radius 2 is 1.24 bits per heavy atom. The number of fused-ring (bicyclic) bond motifs is 14. The lowest BCUT2D eigenvalue weighted by molar-refractivity contribution is -0.0172. The highest BCUT2D eigenvalue weighted by molar-refractivity contribution is 5.77. The zero-order chi connectivity index (χ0) is 40.2. The number of carboxylic acid groups (broad SMARTS) is 2. The van der Waals surface area contributed by atoms with E-state index in [1.54, 1.807) is 12.4 Å². The molecule has 14 nitrogen and oxygen atoms in total. The monoisotopic (exact) mass is 782 g/mol. The Balaban J connectivity index is 1.14. The first-order valence-electron chi connectivity index (χ1n) is 20.4. The number of hydrogen-bond acceptors (Lipinski definition) is 8. The summed E-state index contributed by atoms with van der Waals surface area (Å²) < 4.78 is 0. The number of nitrogens with one attached hydrogen (secondary N) is 4. The third kappa shape index (κ3) is 4.46. The van der Waals surface area contributed by atoms with Gasteiger partial charge in [-0.3, -0.25) is 9.80 Å². The summed E-state index contributed by atoms with van der Waals surface area (Å²) in [5, 5.41) is 26.9. The third-order valence-corrected chi connectivity index (χ3v) is 14.9. The summed E-state index contributed by atoms with van der Waals surface area (Å²) in [4.78, 5) is 73.0. The van der Waals surface area contributed by atoms with E-state index < -0.39 is 34.3 Å². The van der Waals surface area contributed by atoms with Crippen molar-refractivity contribution in [2.75, 3.05) is 13.1 Å². The maximum Gasteiger partial charge on any atom is 0.406 e. The number of H-pyrrole nitrogens is 2. The van der Waals surface area contributed by atoms with E-state index in [2.05, 4.69) is 42.3 Å². The summed E-state index contributed by atoms with van der Waals surface area (Å²) in [5.41, 5.74) is 2.86. The van der Waals surface area contributed by atoms with Crippen molar-refractivity contribution in [1.29, 1.82) is 0 Å². The molecule has 0 radical (unpaired) electrons. The van der Waals surface area contributed by atoms with Crippen LogP contribution in [0, 0.1) is 13.8 Å². The van der Waals surface area contributed by atoms with Crippen LogP contribution in [0.3, 0.4) is 0 Å². The predicted octanol–water partition coefficient (Wildman–Crippen LogP) is 6.10. The van der Waals surface area contributed by atoms with E-state index in [1.165, 1.54) is 0 Å². The summed E-state index contributed by atoms with van der Waals surface area (Å²) in [7, 11) is 0. The number of nitrogens with zero attached hydrogens (tertiary/aromatic N) is 4. The average Bonchev–Trinajstić information content (AvgIpc) is 4.04. The summed E-state index contributed by atoms with van der Waals surface area (Å²) in [6.07, 6.45) is 7.80. The van der Waals surface area contributed by atoms with Crippen LogP contribution in [0.4, 0.5) is 9.59 Å². The molecule has 14 heteroatoms. The van der Waals surface area contributed by atoms with Gasteiger partial charge in [-0.25, -0.2) is 29.1 Å². The zero-order valence-corrected chi connectivity index (χ0v) is 32.6. The van der Waals surface area contributed by atoms with Crippen LogP contribution < -0.4 is 10.6 Å². The Morgan fingerprint density at radius 3 is 1.78 bits per heavy atom. The number of carbonyl (C=O) groups excluding carboxylic acids is 2. The molecule has 4 fully saturated rings. The van der Waals surface area contributed by atoms with Gasteiger partial charge in [0.15, 0.2) is 0 Å². The van der Waals surface area contributed by atoms with Gasteiger partial charge in [-0.2, -0.15) is 0 Å². The standard InChI is InChI=1S/C44H46N8O6/c1-25-26(2)32(44-30(24-54)8-4-18-42(44,50-40(57)58)52-20-6-10-34(52)38-46-22-36(44)48-38)16-15-31(25)27-11-13-28(14-12-27)43-29(23-53)7-3-17-41(43,49-39(55)56)51-19-5-9-33(51)37-45-21-35(43)47-37/h11-16,21-22,33-34,49-50H,3-10,17-20H2,1-2H3,(H,45,47)(H,46,48)(H,55,56)(H,57,58)/t33?,34?,41-,42-,43+,44-/m1/s1. The molecule has 298 valence electrons. The van der Waals surface area contributed by atoms with E-state index >= 15 is 0 Å². The van der Waals surface area contributed by atoms with Crippen molar-refractivity contribution in [2.24, 2.45) is 0 Å². The van der Waals surface area contributed by atoms with Crippen LogP contribution >= 0.6 is 0 Å². The fourth-order valence-corrected chi connectivity index (χ4v) is 12.8. The van der Waals surface area contributed by atoms with Crippen LogP contribution in [-0.2, 0) is 20.4 Å². The Kier molecular flexibility index (Phi) is 8.11. The molecule has 4 bridgehead atoms. The minimum absolute atomic E-state index is 0.127. The lowest BCUT2D eigenvalue weighted by Crippen LogP contribution is -2.73. The molecule has 6 heterocycles. The number of benzene rings is 2.